The van der Waals surface area contributed by atoms with E-state index in [9.17, 15) is 14.4 Å². The number of amides is 4. The van der Waals surface area contributed by atoms with Crippen LogP contribution in [-0.4, -0.2) is 29.0 Å². The Kier molecular flexibility index (Phi) is 7.52. The summed E-state index contributed by atoms with van der Waals surface area (Å²) in [4.78, 5) is 39.5. The Labute approximate surface area is 231 Å². The third-order valence-corrected chi connectivity index (χ3v) is 7.22. The molecule has 0 spiro atoms. The van der Waals surface area contributed by atoms with Gasteiger partial charge in [-0.15, -0.1) is 0 Å². The van der Waals surface area contributed by atoms with E-state index in [1.54, 1.807) is 24.3 Å². The van der Waals surface area contributed by atoms with Crippen LogP contribution in [0.3, 0.4) is 0 Å². The molecule has 1 aliphatic heterocycles. The molecule has 5 rings (SSSR count). The van der Waals surface area contributed by atoms with Gasteiger partial charge in [0, 0.05) is 27.7 Å². The molecule has 2 heterocycles. The zero-order valence-corrected chi connectivity index (χ0v) is 22.4. The van der Waals surface area contributed by atoms with Crippen LogP contribution in [0.2, 0.25) is 5.02 Å². The fourth-order valence-corrected chi connectivity index (χ4v) is 4.73. The standard InChI is InChI=1S/C31H28ClN3O4/c1-3-20(2)21-8-14-25(15-9-21)39-17-16-34-19-22(26-6-4-5-7-28(26)34)18-27-29(36)33-31(38)35(30(27)37)24-12-10-23(32)11-13-24/h4-15,18-20H,3,16-17H2,1-2H3,(H,33,36,38). The summed E-state index contributed by atoms with van der Waals surface area (Å²) >= 11 is 5.95. The summed E-state index contributed by atoms with van der Waals surface area (Å²) in [5, 5.41) is 3.61. The minimum absolute atomic E-state index is 0.134. The quantitative estimate of drug-likeness (QED) is 0.202. The van der Waals surface area contributed by atoms with Crippen molar-refractivity contribution in [1.82, 2.24) is 9.88 Å². The highest BCUT2D eigenvalue weighted by Gasteiger charge is 2.37. The fraction of sp³-hybridized carbons (Fsp3) is 0.194. The number of rotatable bonds is 8. The maximum Gasteiger partial charge on any atom is 0.335 e. The zero-order chi connectivity index (χ0) is 27.5. The number of hydrogen-bond acceptors (Lipinski definition) is 4. The highest BCUT2D eigenvalue weighted by atomic mass is 35.5. The van der Waals surface area contributed by atoms with Crippen molar-refractivity contribution in [2.45, 2.75) is 32.7 Å². The highest BCUT2D eigenvalue weighted by molar-refractivity contribution is 6.39. The Morgan fingerprint density at radius 3 is 2.41 bits per heavy atom. The van der Waals surface area contributed by atoms with Gasteiger partial charge in [-0.3, -0.25) is 14.9 Å². The molecule has 0 radical (unpaired) electrons. The molecule has 1 aliphatic rings. The summed E-state index contributed by atoms with van der Waals surface area (Å²) in [5.41, 5.74) is 3.10. The minimum atomic E-state index is -0.804. The number of fused-ring (bicyclic) bond motifs is 1. The molecule has 0 saturated carbocycles. The number of hydrogen-bond donors (Lipinski definition) is 1. The number of carbonyl (C=O) groups is 3. The van der Waals surface area contributed by atoms with Crippen molar-refractivity contribution in [3.63, 3.8) is 0 Å². The number of nitrogens with one attached hydrogen (secondary N) is 1. The Morgan fingerprint density at radius 2 is 1.69 bits per heavy atom. The van der Waals surface area contributed by atoms with Gasteiger partial charge < -0.3 is 9.30 Å². The predicted molar refractivity (Wildman–Crippen MR) is 153 cm³/mol. The van der Waals surface area contributed by atoms with Crippen molar-refractivity contribution in [3.8, 4) is 5.75 Å². The minimum Gasteiger partial charge on any atom is -0.492 e. The fourth-order valence-electron chi connectivity index (χ4n) is 4.60. The lowest BCUT2D eigenvalue weighted by Crippen LogP contribution is -2.54. The molecular weight excluding hydrogens is 514 g/mol. The van der Waals surface area contributed by atoms with Crippen molar-refractivity contribution < 1.29 is 19.1 Å². The topological polar surface area (TPSA) is 80.6 Å². The Balaban J connectivity index is 1.39. The van der Waals surface area contributed by atoms with Gasteiger partial charge >= 0.3 is 6.03 Å². The van der Waals surface area contributed by atoms with Crippen LogP contribution in [0.4, 0.5) is 10.5 Å². The lowest BCUT2D eigenvalue weighted by atomic mass is 9.99. The second-order valence-corrected chi connectivity index (χ2v) is 9.89. The normalized spacial score (nSPS) is 15.6. The average molecular weight is 542 g/mol. The molecule has 7 nitrogen and oxygen atoms in total. The lowest BCUT2D eigenvalue weighted by molar-refractivity contribution is -0.122. The van der Waals surface area contributed by atoms with Crippen molar-refractivity contribution >= 4 is 52.1 Å². The van der Waals surface area contributed by atoms with Crippen LogP contribution >= 0.6 is 11.6 Å². The summed E-state index contributed by atoms with van der Waals surface area (Å²) in [7, 11) is 0. The number of nitrogens with zero attached hydrogens (tertiary/aromatic N) is 2. The molecule has 4 amide bonds. The van der Waals surface area contributed by atoms with Crippen LogP contribution in [0.25, 0.3) is 17.0 Å². The van der Waals surface area contributed by atoms with Crippen LogP contribution in [-0.2, 0) is 16.1 Å². The first-order valence-corrected chi connectivity index (χ1v) is 13.2. The van der Waals surface area contributed by atoms with Gasteiger partial charge in [0.25, 0.3) is 11.8 Å². The second kappa shape index (κ2) is 11.2. The molecule has 1 saturated heterocycles. The second-order valence-electron chi connectivity index (χ2n) is 9.46. The molecule has 4 aromatic rings. The van der Waals surface area contributed by atoms with Gasteiger partial charge in [0.2, 0.25) is 0 Å². The maximum atomic E-state index is 13.3. The van der Waals surface area contributed by atoms with Crippen molar-refractivity contribution in [3.05, 3.63) is 101 Å². The Morgan fingerprint density at radius 1 is 0.974 bits per heavy atom. The summed E-state index contributed by atoms with van der Waals surface area (Å²) < 4.78 is 8.03. The number of urea groups is 1. The summed E-state index contributed by atoms with van der Waals surface area (Å²) in [6, 6.07) is 21.4. The van der Waals surface area contributed by atoms with Crippen molar-refractivity contribution in [2.24, 2.45) is 0 Å². The molecule has 39 heavy (non-hydrogen) atoms. The monoisotopic (exact) mass is 541 g/mol. The molecule has 3 aromatic carbocycles. The van der Waals surface area contributed by atoms with E-state index in [0.717, 1.165) is 28.0 Å². The molecule has 1 unspecified atom stereocenters. The molecule has 8 heteroatoms. The molecule has 0 bridgehead atoms. The summed E-state index contributed by atoms with van der Waals surface area (Å²) in [6.45, 7) is 5.38. The third-order valence-electron chi connectivity index (χ3n) is 6.97. The number of ether oxygens (including phenoxy) is 1. The molecule has 198 valence electrons. The largest absolute Gasteiger partial charge is 0.492 e. The number of carbonyl (C=O) groups excluding carboxylic acids is 3. The van der Waals surface area contributed by atoms with Gasteiger partial charge in [-0.25, -0.2) is 9.69 Å². The van der Waals surface area contributed by atoms with E-state index in [2.05, 4.69) is 31.3 Å². The first-order chi connectivity index (χ1) is 18.9. The molecule has 0 aliphatic carbocycles. The summed E-state index contributed by atoms with van der Waals surface area (Å²) in [6.07, 6.45) is 4.50. The average Bonchev–Trinajstić information content (AvgIpc) is 3.29. The van der Waals surface area contributed by atoms with Gasteiger partial charge in [-0.05, 0) is 66.4 Å². The molecule has 1 fully saturated rings. The molecule has 1 aromatic heterocycles. The van der Waals surface area contributed by atoms with E-state index >= 15 is 0 Å². The van der Waals surface area contributed by atoms with Crippen molar-refractivity contribution in [2.75, 3.05) is 11.5 Å². The van der Waals surface area contributed by atoms with Crippen molar-refractivity contribution in [1.29, 1.82) is 0 Å². The smallest absolute Gasteiger partial charge is 0.335 e. The Hall–Kier alpha value is -4.36. The number of benzene rings is 3. The number of imide groups is 2. The highest BCUT2D eigenvalue weighted by Crippen LogP contribution is 2.28. The van der Waals surface area contributed by atoms with Crippen LogP contribution in [0, 0.1) is 0 Å². The Bertz CT molecular complexity index is 1570. The van der Waals surface area contributed by atoms with Crippen LogP contribution in [0.1, 0.15) is 37.3 Å². The third kappa shape index (κ3) is 5.45. The van der Waals surface area contributed by atoms with Gasteiger partial charge in [-0.1, -0.05) is 55.8 Å². The number of barbiturate groups is 1. The molecule has 1 N–H and O–H groups in total. The predicted octanol–water partition coefficient (Wildman–Crippen LogP) is 6.55. The number of halogens is 1. The first kappa shape index (κ1) is 26.3. The molecular formula is C31H28ClN3O4. The van der Waals surface area contributed by atoms with Crippen LogP contribution in [0.15, 0.2) is 84.6 Å². The lowest BCUT2D eigenvalue weighted by Gasteiger charge is -2.26. The SMILES string of the molecule is CCC(C)c1ccc(OCCn2cc(C=C3C(=O)NC(=O)N(c4ccc(Cl)cc4)C3=O)c3ccccc32)cc1. The van der Waals surface area contributed by atoms with Crippen LogP contribution in [0.5, 0.6) is 5.75 Å². The number of para-hydroxylation sites is 1. The van der Waals surface area contributed by atoms with Crippen LogP contribution < -0.4 is 15.0 Å². The number of anilines is 1. The summed E-state index contributed by atoms with van der Waals surface area (Å²) in [5.74, 6) is -0.132. The van der Waals surface area contributed by atoms with Gasteiger partial charge in [0.1, 0.15) is 17.9 Å². The van der Waals surface area contributed by atoms with Gasteiger partial charge in [0.15, 0.2) is 0 Å². The van der Waals surface area contributed by atoms with E-state index in [1.807, 2.05) is 47.2 Å². The number of aromatic nitrogens is 1. The van der Waals surface area contributed by atoms with Gasteiger partial charge in [0.05, 0.1) is 12.2 Å². The maximum absolute atomic E-state index is 13.3. The van der Waals surface area contributed by atoms with E-state index in [4.69, 9.17) is 16.3 Å². The van der Waals surface area contributed by atoms with E-state index in [0.29, 0.717) is 35.3 Å². The van der Waals surface area contributed by atoms with E-state index < -0.39 is 17.8 Å². The van der Waals surface area contributed by atoms with E-state index in [1.165, 1.54) is 11.6 Å². The van der Waals surface area contributed by atoms with E-state index in [-0.39, 0.29) is 5.57 Å². The van der Waals surface area contributed by atoms with Gasteiger partial charge in [-0.2, -0.15) is 0 Å². The zero-order valence-electron chi connectivity index (χ0n) is 21.7. The molecule has 1 atom stereocenters. The first-order valence-electron chi connectivity index (χ1n) is 12.8.